The number of nitrogens with zero attached hydrogens (tertiary/aromatic N) is 2. The molecule has 0 heterocycles. The summed E-state index contributed by atoms with van der Waals surface area (Å²) in [7, 11) is 0. The predicted molar refractivity (Wildman–Crippen MR) is 56.5 cm³/mol. The monoisotopic (exact) mass is 304 g/mol. The Bertz CT molecular complexity index is 425. The average Bonchev–Trinajstić information content (AvgIpc) is 2.16. The fourth-order valence-corrected chi connectivity index (χ4v) is 1.69. The zero-order valence-corrected chi connectivity index (χ0v) is 9.06. The van der Waals surface area contributed by atoms with E-state index < -0.39 is 4.92 Å². The van der Waals surface area contributed by atoms with Crippen LogP contribution in [0.3, 0.4) is 0 Å². The highest BCUT2D eigenvalue weighted by Gasteiger charge is 2.21. The van der Waals surface area contributed by atoms with Crippen LogP contribution < -0.4 is 0 Å². The van der Waals surface area contributed by atoms with Crippen LogP contribution >= 0.6 is 22.6 Å². The second kappa shape index (κ2) is 4.34. The van der Waals surface area contributed by atoms with E-state index in [4.69, 9.17) is 10.4 Å². The van der Waals surface area contributed by atoms with E-state index >= 15 is 0 Å². The molecule has 0 fully saturated rings. The molecule has 0 aromatic heterocycles. The number of halogens is 1. The molecule has 0 amide bonds. The Kier molecular flexibility index (Phi) is 3.38. The van der Waals surface area contributed by atoms with Crippen molar-refractivity contribution in [1.29, 1.82) is 5.26 Å². The normalized spacial score (nSPS) is 9.50. The SMILES string of the molecule is N#Cc1c(CO)ccc(I)c1[N+](=O)[O-]. The third-order valence-corrected chi connectivity index (χ3v) is 2.55. The summed E-state index contributed by atoms with van der Waals surface area (Å²) in [5.41, 5.74) is -0.0244. The molecule has 0 atom stereocenters. The van der Waals surface area contributed by atoms with Crippen LogP contribution in [-0.2, 0) is 6.61 Å². The van der Waals surface area contributed by atoms with Crippen molar-refractivity contribution in [1.82, 2.24) is 0 Å². The van der Waals surface area contributed by atoms with Gasteiger partial charge in [0.05, 0.1) is 15.1 Å². The number of hydrogen-bond donors (Lipinski definition) is 1. The van der Waals surface area contributed by atoms with Crippen molar-refractivity contribution in [2.45, 2.75) is 6.61 Å². The fourth-order valence-electron chi connectivity index (χ4n) is 1.04. The van der Waals surface area contributed by atoms with Gasteiger partial charge in [0, 0.05) is 5.56 Å². The molecule has 0 unspecified atom stereocenters. The van der Waals surface area contributed by atoms with E-state index in [-0.39, 0.29) is 23.4 Å². The lowest BCUT2D eigenvalue weighted by molar-refractivity contribution is -0.386. The van der Waals surface area contributed by atoms with E-state index in [2.05, 4.69) is 0 Å². The summed E-state index contributed by atoms with van der Waals surface area (Å²) in [6.07, 6.45) is 0. The second-order valence-electron chi connectivity index (χ2n) is 2.46. The molecule has 0 aliphatic rings. The Hall–Kier alpha value is -1.20. The molecule has 1 rings (SSSR count). The molecule has 1 N–H and O–H groups in total. The summed E-state index contributed by atoms with van der Waals surface area (Å²) < 4.78 is 0.390. The quantitative estimate of drug-likeness (QED) is 0.510. The van der Waals surface area contributed by atoms with Crippen LogP contribution in [-0.4, -0.2) is 10.0 Å². The smallest absolute Gasteiger partial charge is 0.300 e. The molecular formula is C8H5IN2O3. The fraction of sp³-hybridized carbons (Fsp3) is 0.125. The Morgan fingerprint density at radius 1 is 1.64 bits per heavy atom. The van der Waals surface area contributed by atoms with E-state index in [1.165, 1.54) is 12.1 Å². The molecule has 0 aliphatic heterocycles. The van der Waals surface area contributed by atoms with Gasteiger partial charge in [0.15, 0.2) is 0 Å². The lowest BCUT2D eigenvalue weighted by Gasteiger charge is -2.02. The molecule has 0 radical (unpaired) electrons. The number of nitro groups is 1. The van der Waals surface area contributed by atoms with E-state index in [1.54, 1.807) is 28.7 Å². The molecule has 1 aromatic carbocycles. The van der Waals surface area contributed by atoms with E-state index in [9.17, 15) is 10.1 Å². The largest absolute Gasteiger partial charge is 0.392 e. The highest BCUT2D eigenvalue weighted by molar-refractivity contribution is 14.1. The number of nitriles is 1. The average molecular weight is 304 g/mol. The van der Waals surface area contributed by atoms with Crippen molar-refractivity contribution in [2.24, 2.45) is 0 Å². The molecule has 0 spiro atoms. The van der Waals surface area contributed by atoms with Crippen molar-refractivity contribution >= 4 is 28.3 Å². The van der Waals surface area contributed by atoms with Gasteiger partial charge in [0.2, 0.25) is 0 Å². The summed E-state index contributed by atoms with van der Waals surface area (Å²) in [6, 6.07) is 4.74. The van der Waals surface area contributed by atoms with E-state index in [0.29, 0.717) is 3.57 Å². The number of aliphatic hydroxyl groups excluding tert-OH is 1. The highest BCUT2D eigenvalue weighted by Crippen LogP contribution is 2.27. The van der Waals surface area contributed by atoms with Crippen LogP contribution in [0.4, 0.5) is 5.69 Å². The molecule has 6 heteroatoms. The van der Waals surface area contributed by atoms with Crippen LogP contribution in [0.5, 0.6) is 0 Å². The zero-order valence-electron chi connectivity index (χ0n) is 6.90. The van der Waals surface area contributed by atoms with Crippen LogP contribution in [0.25, 0.3) is 0 Å². The minimum atomic E-state index is -0.612. The first-order valence-electron chi connectivity index (χ1n) is 3.58. The van der Waals surface area contributed by atoms with Crippen molar-refractivity contribution in [2.75, 3.05) is 0 Å². The molecule has 14 heavy (non-hydrogen) atoms. The predicted octanol–water partition coefficient (Wildman–Crippen LogP) is 1.56. The Balaban J connectivity index is 3.53. The topological polar surface area (TPSA) is 87.2 Å². The number of benzene rings is 1. The van der Waals surface area contributed by atoms with Crippen molar-refractivity contribution in [3.05, 3.63) is 36.9 Å². The van der Waals surface area contributed by atoms with Gasteiger partial charge in [-0.05, 0) is 28.7 Å². The maximum atomic E-state index is 10.6. The summed E-state index contributed by atoms with van der Waals surface area (Å²) >= 11 is 1.78. The molecule has 1 aromatic rings. The van der Waals surface area contributed by atoms with Gasteiger partial charge in [0.1, 0.15) is 11.6 Å². The van der Waals surface area contributed by atoms with Gasteiger partial charge >= 0.3 is 5.69 Å². The maximum absolute atomic E-state index is 10.6. The van der Waals surface area contributed by atoms with Crippen LogP contribution in [0.15, 0.2) is 12.1 Å². The third-order valence-electron chi connectivity index (χ3n) is 1.68. The van der Waals surface area contributed by atoms with Gasteiger partial charge in [0.25, 0.3) is 0 Å². The van der Waals surface area contributed by atoms with E-state index in [1.807, 2.05) is 0 Å². The molecule has 0 saturated heterocycles. The minimum Gasteiger partial charge on any atom is -0.392 e. The van der Waals surface area contributed by atoms with Crippen molar-refractivity contribution < 1.29 is 10.0 Å². The van der Waals surface area contributed by atoms with Crippen LogP contribution in [0.1, 0.15) is 11.1 Å². The number of nitro benzene ring substituents is 1. The minimum absolute atomic E-state index is 0.0654. The molecule has 0 bridgehead atoms. The van der Waals surface area contributed by atoms with Crippen molar-refractivity contribution in [3.63, 3.8) is 0 Å². The third kappa shape index (κ3) is 1.83. The van der Waals surface area contributed by atoms with Gasteiger partial charge in [-0.3, -0.25) is 10.1 Å². The lowest BCUT2D eigenvalue weighted by atomic mass is 10.1. The second-order valence-corrected chi connectivity index (χ2v) is 3.62. The molecule has 5 nitrogen and oxygen atoms in total. The van der Waals surface area contributed by atoms with Gasteiger partial charge in [-0.2, -0.15) is 5.26 Å². The number of hydrogen-bond acceptors (Lipinski definition) is 4. The summed E-state index contributed by atoms with van der Waals surface area (Å²) in [5.74, 6) is 0. The van der Waals surface area contributed by atoms with Crippen molar-refractivity contribution in [3.8, 4) is 6.07 Å². The number of aliphatic hydroxyl groups is 1. The molecule has 0 aliphatic carbocycles. The maximum Gasteiger partial charge on any atom is 0.300 e. The standard InChI is InChI=1S/C8H5IN2O3/c9-7-2-1-5(4-12)6(3-10)8(7)11(13)14/h1-2,12H,4H2. The molecule has 72 valence electrons. The summed E-state index contributed by atoms with van der Waals surface area (Å²) in [5, 5.41) is 28.2. The van der Waals surface area contributed by atoms with Gasteiger partial charge < -0.3 is 5.11 Å². The Morgan fingerprint density at radius 3 is 2.71 bits per heavy atom. The first kappa shape index (κ1) is 10.9. The summed E-state index contributed by atoms with van der Waals surface area (Å²) in [6.45, 7) is -0.374. The lowest BCUT2D eigenvalue weighted by Crippen LogP contribution is -1.99. The molecule has 0 saturated carbocycles. The van der Waals surface area contributed by atoms with Gasteiger partial charge in [-0.25, -0.2) is 0 Å². The Labute approximate surface area is 93.3 Å². The van der Waals surface area contributed by atoms with E-state index in [0.717, 1.165) is 0 Å². The number of rotatable bonds is 2. The first-order valence-corrected chi connectivity index (χ1v) is 4.66. The molecular weight excluding hydrogens is 299 g/mol. The zero-order chi connectivity index (χ0) is 10.7. The first-order chi connectivity index (χ1) is 6.61. The van der Waals surface area contributed by atoms with Crippen LogP contribution in [0, 0.1) is 25.0 Å². The van der Waals surface area contributed by atoms with Gasteiger partial charge in [-0.1, -0.05) is 6.07 Å². The summed E-state index contributed by atoms with van der Waals surface area (Å²) in [4.78, 5) is 10.0. The highest BCUT2D eigenvalue weighted by atomic mass is 127. The Morgan fingerprint density at radius 2 is 2.29 bits per heavy atom. The van der Waals surface area contributed by atoms with Crippen LogP contribution in [0.2, 0.25) is 0 Å². The van der Waals surface area contributed by atoms with Gasteiger partial charge in [-0.15, -0.1) is 0 Å².